The molecule has 0 unspecified atom stereocenters. The zero-order valence-electron chi connectivity index (χ0n) is 8.27. The molecule has 0 saturated carbocycles. The lowest BCUT2D eigenvalue weighted by Crippen LogP contribution is -2.13. The topological polar surface area (TPSA) is 66.9 Å². The Morgan fingerprint density at radius 2 is 2.20 bits per heavy atom. The molecule has 1 aromatic rings. The second-order valence-electron chi connectivity index (χ2n) is 2.98. The molecule has 0 heterocycles. The van der Waals surface area contributed by atoms with Crippen LogP contribution in [0.25, 0.3) is 0 Å². The average molecular weight is 220 g/mol. The van der Waals surface area contributed by atoms with Gasteiger partial charge in [0.1, 0.15) is 0 Å². The Hall–Kier alpha value is -1.47. The van der Waals surface area contributed by atoms with E-state index in [-0.39, 0.29) is 0 Å². The molecule has 15 heavy (non-hydrogen) atoms. The summed E-state index contributed by atoms with van der Waals surface area (Å²) in [6, 6.07) is 9.37. The molecule has 1 amide bonds. The minimum absolute atomic E-state index is 0.397. The first kappa shape index (κ1) is 11.6. The lowest BCUT2D eigenvalue weighted by molar-refractivity contribution is 0.0999. The first-order valence-electron chi connectivity index (χ1n) is 4.58. The predicted molar refractivity (Wildman–Crippen MR) is 61.4 cm³/mol. The number of thioether (sulfide) groups is 1. The van der Waals surface area contributed by atoms with Crippen molar-refractivity contribution in [2.24, 2.45) is 5.73 Å². The molecular weight excluding hydrogens is 208 g/mol. The van der Waals surface area contributed by atoms with E-state index in [0.29, 0.717) is 12.0 Å². The summed E-state index contributed by atoms with van der Waals surface area (Å²) in [5.74, 6) is 1.11. The molecule has 0 atom stereocenters. The average Bonchev–Trinajstić information content (AvgIpc) is 2.25. The minimum atomic E-state index is -0.397. The summed E-state index contributed by atoms with van der Waals surface area (Å²) < 4.78 is 0. The number of carbonyl (C=O) groups is 1. The Bertz CT molecular complexity index is 384. The zero-order valence-corrected chi connectivity index (χ0v) is 9.09. The quantitative estimate of drug-likeness (QED) is 0.771. The Kier molecular flexibility index (Phi) is 4.72. The van der Waals surface area contributed by atoms with E-state index in [1.807, 2.05) is 12.1 Å². The SMILES string of the molecule is N#CCCSCc1ccccc1C(N)=O. The number of benzene rings is 1. The van der Waals surface area contributed by atoms with Gasteiger partial charge in [-0.25, -0.2) is 0 Å². The summed E-state index contributed by atoms with van der Waals surface area (Å²) in [6.07, 6.45) is 0.531. The molecule has 4 heteroatoms. The van der Waals surface area contributed by atoms with Gasteiger partial charge in [0.25, 0.3) is 0 Å². The van der Waals surface area contributed by atoms with Crippen molar-refractivity contribution in [3.63, 3.8) is 0 Å². The number of hydrogen-bond acceptors (Lipinski definition) is 3. The van der Waals surface area contributed by atoms with Gasteiger partial charge in [0.15, 0.2) is 0 Å². The largest absolute Gasteiger partial charge is 0.366 e. The zero-order chi connectivity index (χ0) is 11.1. The van der Waals surface area contributed by atoms with E-state index < -0.39 is 5.91 Å². The van der Waals surface area contributed by atoms with Crippen molar-refractivity contribution in [3.05, 3.63) is 35.4 Å². The summed E-state index contributed by atoms with van der Waals surface area (Å²) in [4.78, 5) is 11.1. The predicted octanol–water partition coefficient (Wildman–Crippen LogP) is 1.93. The van der Waals surface area contributed by atoms with Crippen LogP contribution in [-0.2, 0) is 5.75 Å². The van der Waals surface area contributed by atoms with E-state index in [0.717, 1.165) is 17.1 Å². The van der Waals surface area contributed by atoms with Crippen LogP contribution in [0.1, 0.15) is 22.3 Å². The van der Waals surface area contributed by atoms with Crippen LogP contribution in [0.15, 0.2) is 24.3 Å². The van der Waals surface area contributed by atoms with Crippen molar-refractivity contribution in [1.29, 1.82) is 5.26 Å². The fraction of sp³-hybridized carbons (Fsp3) is 0.273. The molecule has 1 aromatic carbocycles. The van der Waals surface area contributed by atoms with E-state index in [1.165, 1.54) is 0 Å². The fourth-order valence-electron chi connectivity index (χ4n) is 1.19. The lowest BCUT2D eigenvalue weighted by Gasteiger charge is -2.04. The summed E-state index contributed by atoms with van der Waals surface area (Å²) in [6.45, 7) is 0. The highest BCUT2D eigenvalue weighted by molar-refractivity contribution is 7.98. The molecule has 1 rings (SSSR count). The molecule has 0 aliphatic carbocycles. The third-order valence-electron chi connectivity index (χ3n) is 1.90. The Morgan fingerprint density at radius 3 is 2.87 bits per heavy atom. The molecular formula is C11H12N2OS. The molecule has 0 spiro atoms. The van der Waals surface area contributed by atoms with Crippen molar-refractivity contribution < 1.29 is 4.79 Å². The van der Waals surface area contributed by atoms with E-state index in [4.69, 9.17) is 11.0 Å². The molecule has 3 nitrogen and oxygen atoms in total. The minimum Gasteiger partial charge on any atom is -0.366 e. The van der Waals surface area contributed by atoms with Crippen molar-refractivity contribution in [2.75, 3.05) is 5.75 Å². The third kappa shape index (κ3) is 3.64. The van der Waals surface area contributed by atoms with Gasteiger partial charge in [0.05, 0.1) is 6.07 Å². The van der Waals surface area contributed by atoms with E-state index in [2.05, 4.69) is 6.07 Å². The van der Waals surface area contributed by atoms with Crippen LogP contribution in [0.4, 0.5) is 0 Å². The maximum atomic E-state index is 11.1. The number of nitrogens with zero attached hydrogens (tertiary/aromatic N) is 1. The molecule has 0 aliphatic rings. The van der Waals surface area contributed by atoms with E-state index >= 15 is 0 Å². The third-order valence-corrected chi connectivity index (χ3v) is 2.91. The molecule has 0 bridgehead atoms. The van der Waals surface area contributed by atoms with Crippen LogP contribution < -0.4 is 5.73 Å². The standard InChI is InChI=1S/C11H12N2OS/c12-6-3-7-15-8-9-4-1-2-5-10(9)11(13)14/h1-2,4-5H,3,7-8H2,(H2,13,14). The summed E-state index contributed by atoms with van der Waals surface area (Å²) >= 11 is 1.63. The van der Waals surface area contributed by atoms with Crippen LogP contribution in [0, 0.1) is 11.3 Å². The van der Waals surface area contributed by atoms with Gasteiger partial charge in [-0.3, -0.25) is 4.79 Å². The number of amides is 1. The van der Waals surface area contributed by atoms with Gasteiger partial charge in [-0.2, -0.15) is 17.0 Å². The highest BCUT2D eigenvalue weighted by Crippen LogP contribution is 2.16. The molecule has 0 saturated heterocycles. The first-order chi connectivity index (χ1) is 7.25. The Labute approximate surface area is 93.3 Å². The lowest BCUT2D eigenvalue weighted by atomic mass is 10.1. The monoisotopic (exact) mass is 220 g/mol. The number of carbonyl (C=O) groups excluding carboxylic acids is 1. The van der Waals surface area contributed by atoms with Crippen LogP contribution >= 0.6 is 11.8 Å². The van der Waals surface area contributed by atoms with Gasteiger partial charge in [-0.15, -0.1) is 0 Å². The molecule has 0 aliphatic heterocycles. The van der Waals surface area contributed by atoms with E-state index in [1.54, 1.807) is 23.9 Å². The summed E-state index contributed by atoms with van der Waals surface area (Å²) in [7, 11) is 0. The highest BCUT2D eigenvalue weighted by Gasteiger charge is 2.06. The maximum Gasteiger partial charge on any atom is 0.249 e. The normalized spacial score (nSPS) is 9.53. The number of rotatable bonds is 5. The maximum absolute atomic E-state index is 11.1. The summed E-state index contributed by atoms with van der Waals surface area (Å²) in [5, 5.41) is 8.37. The molecule has 2 N–H and O–H groups in total. The highest BCUT2D eigenvalue weighted by atomic mass is 32.2. The van der Waals surface area contributed by atoms with Crippen LogP contribution in [0.5, 0.6) is 0 Å². The Balaban J connectivity index is 2.60. The van der Waals surface area contributed by atoms with Gasteiger partial charge in [-0.1, -0.05) is 18.2 Å². The van der Waals surface area contributed by atoms with Crippen LogP contribution in [0.3, 0.4) is 0 Å². The van der Waals surface area contributed by atoms with Crippen molar-refractivity contribution >= 4 is 17.7 Å². The Morgan fingerprint density at radius 1 is 1.47 bits per heavy atom. The number of nitrogens with two attached hydrogens (primary N) is 1. The number of hydrogen-bond donors (Lipinski definition) is 1. The second kappa shape index (κ2) is 6.10. The van der Waals surface area contributed by atoms with E-state index in [9.17, 15) is 4.79 Å². The van der Waals surface area contributed by atoms with Gasteiger partial charge >= 0.3 is 0 Å². The number of nitriles is 1. The molecule has 78 valence electrons. The van der Waals surface area contributed by atoms with Gasteiger partial charge < -0.3 is 5.73 Å². The molecule has 0 fully saturated rings. The van der Waals surface area contributed by atoms with Crippen molar-refractivity contribution in [2.45, 2.75) is 12.2 Å². The first-order valence-corrected chi connectivity index (χ1v) is 5.73. The second-order valence-corrected chi connectivity index (χ2v) is 4.09. The van der Waals surface area contributed by atoms with Gasteiger partial charge in [0.2, 0.25) is 5.91 Å². The summed E-state index contributed by atoms with van der Waals surface area (Å²) in [5.41, 5.74) is 6.75. The molecule has 0 aromatic heterocycles. The van der Waals surface area contributed by atoms with Gasteiger partial charge in [-0.05, 0) is 11.6 Å². The van der Waals surface area contributed by atoms with Gasteiger partial charge in [0, 0.05) is 23.5 Å². The molecule has 0 radical (unpaired) electrons. The van der Waals surface area contributed by atoms with Crippen LogP contribution in [-0.4, -0.2) is 11.7 Å². The van der Waals surface area contributed by atoms with Crippen LogP contribution in [0.2, 0.25) is 0 Å². The van der Waals surface area contributed by atoms with Crippen molar-refractivity contribution in [3.8, 4) is 6.07 Å². The smallest absolute Gasteiger partial charge is 0.249 e. The van der Waals surface area contributed by atoms with Crippen molar-refractivity contribution in [1.82, 2.24) is 0 Å². The fourth-order valence-corrected chi connectivity index (χ4v) is 2.04. The number of primary amides is 1.